The lowest BCUT2D eigenvalue weighted by atomic mass is 9.96. The molecular formula is C20H25N3O4. The Morgan fingerprint density at radius 1 is 1.07 bits per heavy atom. The van der Waals surface area contributed by atoms with Crippen LogP contribution in [0, 0.1) is 0 Å². The topological polar surface area (TPSA) is 79.0 Å². The average molecular weight is 371 g/mol. The molecule has 0 radical (unpaired) electrons. The molecule has 144 valence electrons. The minimum absolute atomic E-state index is 0.0621. The van der Waals surface area contributed by atoms with Crippen LogP contribution in [0.15, 0.2) is 24.3 Å². The van der Waals surface area contributed by atoms with Gasteiger partial charge in [0.15, 0.2) is 0 Å². The van der Waals surface area contributed by atoms with E-state index in [1.54, 1.807) is 0 Å². The largest absolute Gasteiger partial charge is 0.492 e. The molecule has 3 aliphatic rings. The van der Waals surface area contributed by atoms with E-state index >= 15 is 0 Å². The number of rotatable bonds is 4. The van der Waals surface area contributed by atoms with Crippen LogP contribution in [0.4, 0.5) is 10.5 Å². The lowest BCUT2D eigenvalue weighted by molar-refractivity contribution is -0.142. The van der Waals surface area contributed by atoms with Crippen LogP contribution in [-0.2, 0) is 9.59 Å². The Kier molecular flexibility index (Phi) is 4.76. The highest BCUT2D eigenvalue weighted by molar-refractivity contribution is 6.02. The standard InChI is InChI=1S/C20H25N3O4/c1-2-27-17-6-4-3-5-16(17)21-20(26)22-13-7-8-14(22)12-15(11-13)23-18(24)9-10-19(23)25/h3-6,13-15H,2,7-12H2,1H3,(H,21,26). The molecule has 3 heterocycles. The first kappa shape index (κ1) is 17.8. The lowest BCUT2D eigenvalue weighted by Crippen LogP contribution is -2.54. The second kappa shape index (κ2) is 7.21. The summed E-state index contributed by atoms with van der Waals surface area (Å²) in [5.74, 6) is 0.532. The number of urea groups is 1. The van der Waals surface area contributed by atoms with Gasteiger partial charge in [-0.05, 0) is 44.7 Å². The third-order valence-corrected chi connectivity index (χ3v) is 5.83. The van der Waals surface area contributed by atoms with E-state index in [2.05, 4.69) is 5.32 Å². The number of nitrogens with one attached hydrogen (secondary N) is 1. The molecule has 3 saturated heterocycles. The fourth-order valence-electron chi connectivity index (χ4n) is 4.72. The number of carbonyl (C=O) groups excluding carboxylic acids is 3. The Morgan fingerprint density at radius 2 is 1.70 bits per heavy atom. The van der Waals surface area contributed by atoms with Crippen molar-refractivity contribution in [2.75, 3.05) is 11.9 Å². The van der Waals surface area contributed by atoms with Crippen molar-refractivity contribution in [2.45, 2.75) is 63.6 Å². The van der Waals surface area contributed by atoms with Crippen LogP contribution in [0.1, 0.15) is 45.4 Å². The van der Waals surface area contributed by atoms with Crippen molar-refractivity contribution in [1.82, 2.24) is 9.80 Å². The number of piperidine rings is 1. The molecular weight excluding hydrogens is 346 g/mol. The van der Waals surface area contributed by atoms with Crippen LogP contribution in [0.5, 0.6) is 5.75 Å². The molecule has 7 nitrogen and oxygen atoms in total. The molecule has 0 spiro atoms. The van der Waals surface area contributed by atoms with Crippen LogP contribution in [0.3, 0.4) is 0 Å². The zero-order valence-corrected chi connectivity index (χ0v) is 15.5. The van der Waals surface area contributed by atoms with Crippen LogP contribution in [0.25, 0.3) is 0 Å². The molecule has 0 aliphatic carbocycles. The number of nitrogens with zero attached hydrogens (tertiary/aromatic N) is 2. The van der Waals surface area contributed by atoms with Crippen LogP contribution in [0.2, 0.25) is 0 Å². The summed E-state index contributed by atoms with van der Waals surface area (Å²) in [6.07, 6.45) is 3.82. The second-order valence-corrected chi connectivity index (χ2v) is 7.43. The average Bonchev–Trinajstić information content (AvgIpc) is 3.12. The van der Waals surface area contributed by atoms with E-state index in [9.17, 15) is 14.4 Å². The third kappa shape index (κ3) is 3.26. The third-order valence-electron chi connectivity index (χ3n) is 5.83. The zero-order valence-electron chi connectivity index (χ0n) is 15.5. The number of hydrogen-bond donors (Lipinski definition) is 1. The molecule has 2 bridgehead atoms. The number of anilines is 1. The number of hydrogen-bond acceptors (Lipinski definition) is 4. The van der Waals surface area contributed by atoms with Gasteiger partial charge in [-0.3, -0.25) is 14.5 Å². The van der Waals surface area contributed by atoms with Gasteiger partial charge in [0, 0.05) is 31.0 Å². The van der Waals surface area contributed by atoms with Crippen LogP contribution >= 0.6 is 0 Å². The normalized spacial score (nSPS) is 27.2. The molecule has 3 aliphatic heterocycles. The molecule has 2 unspecified atom stereocenters. The first-order chi connectivity index (χ1) is 13.1. The van der Waals surface area contributed by atoms with E-state index in [1.165, 1.54) is 4.90 Å². The quantitative estimate of drug-likeness (QED) is 0.826. The van der Waals surface area contributed by atoms with Crippen molar-refractivity contribution in [3.05, 3.63) is 24.3 Å². The molecule has 4 amide bonds. The maximum Gasteiger partial charge on any atom is 0.322 e. The Labute approximate surface area is 158 Å². The Bertz CT molecular complexity index is 735. The number of benzene rings is 1. The molecule has 1 aromatic rings. The molecule has 1 N–H and O–H groups in total. The van der Waals surface area contributed by atoms with Gasteiger partial charge in [0.25, 0.3) is 0 Å². The van der Waals surface area contributed by atoms with Gasteiger partial charge in [-0.1, -0.05) is 12.1 Å². The first-order valence-corrected chi connectivity index (χ1v) is 9.74. The van der Waals surface area contributed by atoms with E-state index < -0.39 is 0 Å². The summed E-state index contributed by atoms with van der Waals surface area (Å²) >= 11 is 0. The van der Waals surface area contributed by atoms with Crippen LogP contribution < -0.4 is 10.1 Å². The molecule has 0 aromatic heterocycles. The monoisotopic (exact) mass is 371 g/mol. The Balaban J connectivity index is 1.46. The lowest BCUT2D eigenvalue weighted by Gasteiger charge is -2.41. The maximum atomic E-state index is 13.0. The summed E-state index contributed by atoms with van der Waals surface area (Å²) in [6.45, 7) is 2.44. The summed E-state index contributed by atoms with van der Waals surface area (Å²) in [5, 5.41) is 2.98. The zero-order chi connectivity index (χ0) is 19.0. The molecule has 3 fully saturated rings. The Hall–Kier alpha value is -2.57. The predicted molar refractivity (Wildman–Crippen MR) is 99.4 cm³/mol. The molecule has 27 heavy (non-hydrogen) atoms. The van der Waals surface area contributed by atoms with Crippen molar-refractivity contribution in [3.8, 4) is 5.75 Å². The molecule has 4 rings (SSSR count). The van der Waals surface area contributed by atoms with E-state index in [4.69, 9.17) is 4.74 Å². The smallest absolute Gasteiger partial charge is 0.322 e. The predicted octanol–water partition coefficient (Wildman–Crippen LogP) is 2.76. The van der Waals surface area contributed by atoms with Crippen molar-refractivity contribution >= 4 is 23.5 Å². The van der Waals surface area contributed by atoms with Crippen molar-refractivity contribution < 1.29 is 19.1 Å². The SMILES string of the molecule is CCOc1ccccc1NC(=O)N1C2CCC1CC(N1C(=O)CCC1=O)C2. The van der Waals surface area contributed by atoms with Crippen LogP contribution in [-0.4, -0.2) is 52.4 Å². The van der Waals surface area contributed by atoms with Gasteiger partial charge in [-0.15, -0.1) is 0 Å². The number of carbonyl (C=O) groups is 3. The molecule has 7 heteroatoms. The summed E-state index contributed by atoms with van der Waals surface area (Å²) in [4.78, 5) is 40.5. The molecule has 2 atom stereocenters. The number of imide groups is 1. The minimum atomic E-state index is -0.132. The van der Waals surface area contributed by atoms with Gasteiger partial charge in [-0.2, -0.15) is 0 Å². The van der Waals surface area contributed by atoms with Gasteiger partial charge >= 0.3 is 6.03 Å². The van der Waals surface area contributed by atoms with Gasteiger partial charge in [0.05, 0.1) is 12.3 Å². The number of amides is 4. The Morgan fingerprint density at radius 3 is 2.33 bits per heavy atom. The number of ether oxygens (including phenoxy) is 1. The highest BCUT2D eigenvalue weighted by atomic mass is 16.5. The summed E-state index contributed by atoms with van der Waals surface area (Å²) < 4.78 is 5.59. The summed E-state index contributed by atoms with van der Waals surface area (Å²) in [6, 6.07) is 7.34. The van der Waals surface area contributed by atoms with Gasteiger partial charge in [0.2, 0.25) is 11.8 Å². The van der Waals surface area contributed by atoms with E-state index in [-0.39, 0.29) is 36.0 Å². The summed E-state index contributed by atoms with van der Waals surface area (Å²) in [7, 11) is 0. The number of likely N-dealkylation sites (tertiary alicyclic amines) is 1. The fraction of sp³-hybridized carbons (Fsp3) is 0.550. The minimum Gasteiger partial charge on any atom is -0.492 e. The van der Waals surface area contributed by atoms with Gasteiger partial charge in [-0.25, -0.2) is 4.79 Å². The second-order valence-electron chi connectivity index (χ2n) is 7.43. The number of fused-ring (bicyclic) bond motifs is 2. The van der Waals surface area contributed by atoms with E-state index in [0.29, 0.717) is 43.7 Å². The van der Waals surface area contributed by atoms with Crippen molar-refractivity contribution in [1.29, 1.82) is 0 Å². The van der Waals surface area contributed by atoms with Gasteiger partial charge in [0.1, 0.15) is 5.75 Å². The van der Waals surface area contributed by atoms with E-state index in [0.717, 1.165) is 12.8 Å². The molecule has 0 saturated carbocycles. The highest BCUT2D eigenvalue weighted by Gasteiger charge is 2.47. The van der Waals surface area contributed by atoms with Crippen molar-refractivity contribution in [3.63, 3.8) is 0 Å². The number of para-hydroxylation sites is 2. The molecule has 1 aromatic carbocycles. The van der Waals surface area contributed by atoms with Crippen molar-refractivity contribution in [2.24, 2.45) is 0 Å². The van der Waals surface area contributed by atoms with Gasteiger partial charge < -0.3 is 15.0 Å². The fourth-order valence-corrected chi connectivity index (χ4v) is 4.72. The van der Waals surface area contributed by atoms with E-state index in [1.807, 2.05) is 36.1 Å². The summed E-state index contributed by atoms with van der Waals surface area (Å²) in [5.41, 5.74) is 0.663. The maximum absolute atomic E-state index is 13.0. The first-order valence-electron chi connectivity index (χ1n) is 9.74. The highest BCUT2D eigenvalue weighted by Crippen LogP contribution is 2.39.